The first-order valence-electron chi connectivity index (χ1n) is 5.86. The maximum Gasteiger partial charge on any atom is 0.281 e. The Morgan fingerprint density at radius 3 is 2.33 bits per heavy atom. The Balaban J connectivity index is 4.56. The number of nitrogens with two attached hydrogens (primary N) is 1. The Bertz CT molecular complexity index is 358. The summed E-state index contributed by atoms with van der Waals surface area (Å²) in [6.07, 6.45) is 0.606. The van der Waals surface area contributed by atoms with E-state index in [1.165, 1.54) is 29.8 Å². The monoisotopic (exact) mass is 280 g/mol. The normalized spacial score (nSPS) is 13.9. The van der Waals surface area contributed by atoms with Crippen molar-refractivity contribution in [1.29, 1.82) is 0 Å². The van der Waals surface area contributed by atoms with Gasteiger partial charge in [0, 0.05) is 40.2 Å². The van der Waals surface area contributed by atoms with Crippen molar-refractivity contribution in [3.05, 3.63) is 0 Å². The first kappa shape index (κ1) is 17.3. The zero-order valence-corrected chi connectivity index (χ0v) is 12.3. The van der Waals surface area contributed by atoms with Gasteiger partial charge < -0.3 is 11.1 Å². The lowest BCUT2D eigenvalue weighted by Gasteiger charge is -2.25. The van der Waals surface area contributed by atoms with Crippen molar-refractivity contribution in [2.75, 3.05) is 40.8 Å². The molecule has 0 bridgehead atoms. The Kier molecular flexibility index (Phi) is 7.37. The molecule has 0 aromatic heterocycles. The largest absolute Gasteiger partial charge is 0.359 e. The van der Waals surface area contributed by atoms with Crippen molar-refractivity contribution in [2.45, 2.75) is 13.3 Å². The minimum absolute atomic E-state index is 0.148. The van der Waals surface area contributed by atoms with Crippen molar-refractivity contribution in [3.63, 3.8) is 0 Å². The molecule has 0 spiro atoms. The van der Waals surface area contributed by atoms with Crippen LogP contribution in [0.15, 0.2) is 0 Å². The van der Waals surface area contributed by atoms with Crippen molar-refractivity contribution >= 4 is 16.1 Å². The van der Waals surface area contributed by atoms with Crippen LogP contribution in [0.2, 0.25) is 0 Å². The highest BCUT2D eigenvalue weighted by Gasteiger charge is 2.26. The van der Waals surface area contributed by atoms with Gasteiger partial charge in [-0.05, 0) is 13.0 Å². The summed E-state index contributed by atoms with van der Waals surface area (Å²) in [4.78, 5) is 11.4. The van der Waals surface area contributed by atoms with Crippen LogP contribution < -0.4 is 11.1 Å². The highest BCUT2D eigenvalue weighted by atomic mass is 32.2. The number of nitrogens with zero attached hydrogens (tertiary/aromatic N) is 2. The molecule has 0 fully saturated rings. The lowest BCUT2D eigenvalue weighted by Crippen LogP contribution is -2.44. The van der Waals surface area contributed by atoms with Crippen LogP contribution in [0.4, 0.5) is 0 Å². The summed E-state index contributed by atoms with van der Waals surface area (Å²) in [5, 5.41) is 2.49. The molecule has 0 rings (SSSR count). The molecule has 18 heavy (non-hydrogen) atoms. The number of carbonyl (C=O) groups is 1. The molecule has 0 aliphatic carbocycles. The van der Waals surface area contributed by atoms with E-state index in [1.807, 2.05) is 0 Å². The minimum Gasteiger partial charge on any atom is -0.359 e. The Morgan fingerprint density at radius 1 is 1.33 bits per heavy atom. The maximum atomic E-state index is 12.1. The summed E-state index contributed by atoms with van der Waals surface area (Å²) in [5.41, 5.74) is 5.35. The molecular weight excluding hydrogens is 256 g/mol. The van der Waals surface area contributed by atoms with Crippen LogP contribution in [-0.4, -0.2) is 63.7 Å². The molecule has 0 aliphatic heterocycles. The Hall–Kier alpha value is -0.700. The number of hydrogen-bond acceptors (Lipinski definition) is 4. The van der Waals surface area contributed by atoms with E-state index in [1.54, 1.807) is 6.92 Å². The second kappa shape index (κ2) is 7.67. The molecule has 0 saturated heterocycles. The van der Waals surface area contributed by atoms with Crippen molar-refractivity contribution in [2.24, 2.45) is 11.7 Å². The lowest BCUT2D eigenvalue weighted by molar-refractivity contribution is -0.124. The van der Waals surface area contributed by atoms with Crippen molar-refractivity contribution < 1.29 is 13.2 Å². The van der Waals surface area contributed by atoms with Gasteiger partial charge in [-0.1, -0.05) is 6.92 Å². The fourth-order valence-electron chi connectivity index (χ4n) is 1.48. The molecule has 0 radical (unpaired) electrons. The Morgan fingerprint density at radius 2 is 1.89 bits per heavy atom. The molecule has 0 saturated carbocycles. The average Bonchev–Trinajstić information content (AvgIpc) is 2.34. The minimum atomic E-state index is -3.52. The van der Waals surface area contributed by atoms with Gasteiger partial charge >= 0.3 is 0 Å². The van der Waals surface area contributed by atoms with Gasteiger partial charge in [-0.25, -0.2) is 0 Å². The number of nitrogens with one attached hydrogen (secondary N) is 1. The molecule has 0 aliphatic rings. The molecule has 1 atom stereocenters. The van der Waals surface area contributed by atoms with E-state index in [0.717, 1.165) is 0 Å². The first-order valence-corrected chi connectivity index (χ1v) is 7.26. The van der Waals surface area contributed by atoms with Gasteiger partial charge in [-0.3, -0.25) is 4.79 Å². The van der Waals surface area contributed by atoms with Crippen LogP contribution in [0.25, 0.3) is 0 Å². The van der Waals surface area contributed by atoms with Gasteiger partial charge in [0.1, 0.15) is 0 Å². The van der Waals surface area contributed by atoms with E-state index in [0.29, 0.717) is 19.5 Å². The summed E-state index contributed by atoms with van der Waals surface area (Å²) in [7, 11) is 0.984. The fourth-order valence-corrected chi connectivity index (χ4v) is 2.72. The van der Waals surface area contributed by atoms with Gasteiger partial charge in [0.15, 0.2) is 0 Å². The third kappa shape index (κ3) is 4.89. The van der Waals surface area contributed by atoms with Crippen LogP contribution in [0, 0.1) is 5.92 Å². The summed E-state index contributed by atoms with van der Waals surface area (Å²) in [6, 6.07) is 0. The third-order valence-electron chi connectivity index (χ3n) is 2.69. The number of hydrogen-bond donors (Lipinski definition) is 2. The molecule has 0 aromatic carbocycles. The van der Waals surface area contributed by atoms with E-state index in [2.05, 4.69) is 5.32 Å². The SMILES string of the molecule is CNC(=O)C(C)CN(C)S(=O)(=O)N(C)CCCN. The van der Waals surface area contributed by atoms with E-state index < -0.39 is 16.1 Å². The summed E-state index contributed by atoms with van der Waals surface area (Å²) < 4.78 is 26.6. The zero-order valence-electron chi connectivity index (χ0n) is 11.5. The highest BCUT2D eigenvalue weighted by molar-refractivity contribution is 7.86. The molecule has 3 N–H and O–H groups in total. The average molecular weight is 280 g/mol. The van der Waals surface area contributed by atoms with Gasteiger partial charge in [-0.2, -0.15) is 17.0 Å². The van der Waals surface area contributed by atoms with Crippen LogP contribution in [0.5, 0.6) is 0 Å². The van der Waals surface area contributed by atoms with E-state index in [4.69, 9.17) is 5.73 Å². The molecule has 0 aromatic rings. The van der Waals surface area contributed by atoms with Gasteiger partial charge in [0.05, 0.1) is 0 Å². The molecule has 7 nitrogen and oxygen atoms in total. The van der Waals surface area contributed by atoms with Gasteiger partial charge in [0.2, 0.25) is 5.91 Å². The predicted octanol–water partition coefficient (Wildman–Crippen LogP) is -1.17. The predicted molar refractivity (Wildman–Crippen MR) is 71.1 cm³/mol. The molecule has 108 valence electrons. The topological polar surface area (TPSA) is 95.7 Å². The quantitative estimate of drug-likeness (QED) is 0.585. The lowest BCUT2D eigenvalue weighted by atomic mass is 10.2. The smallest absolute Gasteiger partial charge is 0.281 e. The maximum absolute atomic E-state index is 12.1. The van der Waals surface area contributed by atoms with Crippen LogP contribution in [0.1, 0.15) is 13.3 Å². The summed E-state index contributed by atoms with van der Waals surface area (Å²) in [5.74, 6) is -0.570. The van der Waals surface area contributed by atoms with E-state index in [-0.39, 0.29) is 12.5 Å². The van der Waals surface area contributed by atoms with Gasteiger partial charge in [0.25, 0.3) is 10.2 Å². The zero-order chi connectivity index (χ0) is 14.3. The molecule has 1 unspecified atom stereocenters. The molecule has 0 heterocycles. The summed E-state index contributed by atoms with van der Waals surface area (Å²) >= 11 is 0. The van der Waals surface area contributed by atoms with Crippen molar-refractivity contribution in [3.8, 4) is 0 Å². The number of amides is 1. The standard InChI is InChI=1S/C10H24N4O3S/c1-9(10(15)12-2)8-14(4)18(16,17)13(3)7-5-6-11/h9H,5-8,11H2,1-4H3,(H,12,15). The van der Waals surface area contributed by atoms with Crippen LogP contribution >= 0.6 is 0 Å². The van der Waals surface area contributed by atoms with E-state index in [9.17, 15) is 13.2 Å². The van der Waals surface area contributed by atoms with Crippen LogP contribution in [-0.2, 0) is 15.0 Å². The molecule has 8 heteroatoms. The Labute approximate surface area is 109 Å². The van der Waals surface area contributed by atoms with Gasteiger partial charge in [-0.15, -0.1) is 0 Å². The van der Waals surface area contributed by atoms with Crippen LogP contribution in [0.3, 0.4) is 0 Å². The fraction of sp³-hybridized carbons (Fsp3) is 0.900. The number of carbonyl (C=O) groups excluding carboxylic acids is 1. The number of rotatable bonds is 8. The van der Waals surface area contributed by atoms with Crippen molar-refractivity contribution in [1.82, 2.24) is 13.9 Å². The molecule has 1 amide bonds. The third-order valence-corrected chi connectivity index (χ3v) is 4.60. The summed E-state index contributed by atoms with van der Waals surface area (Å²) in [6.45, 7) is 2.65. The second-order valence-corrected chi connectivity index (χ2v) is 6.41. The van der Waals surface area contributed by atoms with E-state index >= 15 is 0 Å². The second-order valence-electron chi connectivity index (χ2n) is 4.27. The first-order chi connectivity index (χ1) is 8.27. The highest BCUT2D eigenvalue weighted by Crippen LogP contribution is 2.08. The molecular formula is C10H24N4O3S.